The Morgan fingerprint density at radius 2 is 1.95 bits per heavy atom. The Morgan fingerprint density at radius 3 is 2.32 bits per heavy atom. The lowest BCUT2D eigenvalue weighted by Gasteiger charge is -2.34. The van der Waals surface area contributed by atoms with Crippen LogP contribution < -0.4 is 11.1 Å². The third kappa shape index (κ3) is 6.36. The van der Waals surface area contributed by atoms with E-state index in [-0.39, 0.29) is 5.91 Å². The number of nitrogens with one attached hydrogen (secondary N) is 1. The zero-order valence-electron chi connectivity index (χ0n) is 13.5. The summed E-state index contributed by atoms with van der Waals surface area (Å²) >= 11 is 0. The molecule has 0 aromatic heterocycles. The minimum absolute atomic E-state index is 0.273. The topological polar surface area (TPSA) is 61.6 Å². The first kappa shape index (κ1) is 18.4. The number of carbonyl (C=O) groups excluding carboxylic acids is 1. The monoisotopic (exact) mass is 272 g/mol. The quantitative estimate of drug-likeness (QED) is 0.608. The summed E-state index contributed by atoms with van der Waals surface area (Å²) in [7, 11) is 4.16. The molecule has 0 aromatic rings. The molecule has 2 atom stereocenters. The van der Waals surface area contributed by atoms with Crippen molar-refractivity contribution in [2.24, 2.45) is 5.73 Å². The number of nitrogens with two attached hydrogens (primary N) is 1. The normalized spacial score (nSPS) is 16.6. The second-order valence-corrected chi connectivity index (χ2v) is 5.72. The van der Waals surface area contributed by atoms with E-state index in [0.29, 0.717) is 6.04 Å². The molecule has 0 spiro atoms. The molecular formula is C14H32N4O. The predicted molar refractivity (Wildman–Crippen MR) is 81.2 cm³/mol. The molecule has 0 aliphatic rings. The Labute approximate surface area is 118 Å². The minimum Gasteiger partial charge on any atom is -0.368 e. The van der Waals surface area contributed by atoms with Gasteiger partial charge in [-0.05, 0) is 47.5 Å². The van der Waals surface area contributed by atoms with Gasteiger partial charge < -0.3 is 16.0 Å². The molecule has 0 rings (SSSR count). The first-order chi connectivity index (χ1) is 8.76. The van der Waals surface area contributed by atoms with Crippen LogP contribution in [0.25, 0.3) is 0 Å². The molecule has 0 saturated carbocycles. The van der Waals surface area contributed by atoms with E-state index in [0.717, 1.165) is 32.6 Å². The van der Waals surface area contributed by atoms with Crippen molar-refractivity contribution in [2.45, 2.75) is 45.7 Å². The van der Waals surface area contributed by atoms with Gasteiger partial charge in [-0.25, -0.2) is 0 Å². The second kappa shape index (κ2) is 8.51. The number of hydrogen-bond acceptors (Lipinski definition) is 4. The van der Waals surface area contributed by atoms with Crippen molar-refractivity contribution in [3.8, 4) is 0 Å². The average Bonchev–Trinajstić information content (AvgIpc) is 2.28. The van der Waals surface area contributed by atoms with Crippen LogP contribution >= 0.6 is 0 Å². The maximum Gasteiger partial charge on any atom is 0.237 e. The van der Waals surface area contributed by atoms with Crippen LogP contribution in [0.15, 0.2) is 0 Å². The van der Waals surface area contributed by atoms with Gasteiger partial charge in [0.15, 0.2) is 0 Å². The Balaban J connectivity index is 4.50. The summed E-state index contributed by atoms with van der Waals surface area (Å²) in [6, 6.07) is 0.471. The Bertz CT molecular complexity index is 270. The zero-order chi connectivity index (χ0) is 15.1. The highest BCUT2D eigenvalue weighted by molar-refractivity contribution is 5.84. The van der Waals surface area contributed by atoms with Crippen molar-refractivity contribution in [1.82, 2.24) is 15.1 Å². The highest BCUT2D eigenvalue weighted by Crippen LogP contribution is 2.12. The number of amides is 1. The largest absolute Gasteiger partial charge is 0.368 e. The number of primary amides is 1. The maximum absolute atomic E-state index is 11.6. The van der Waals surface area contributed by atoms with Gasteiger partial charge in [0.25, 0.3) is 0 Å². The fraction of sp³-hybridized carbons (Fsp3) is 0.929. The molecule has 1 amide bonds. The summed E-state index contributed by atoms with van der Waals surface area (Å²) in [6.07, 6.45) is 0.738. The molecule has 0 aliphatic carbocycles. The van der Waals surface area contributed by atoms with E-state index in [4.69, 9.17) is 5.73 Å². The molecule has 0 heterocycles. The lowest BCUT2D eigenvalue weighted by atomic mass is 9.96. The van der Waals surface area contributed by atoms with Gasteiger partial charge in [0, 0.05) is 19.1 Å². The third-order valence-electron chi connectivity index (χ3n) is 3.67. The summed E-state index contributed by atoms with van der Waals surface area (Å²) in [5.41, 5.74) is 4.90. The molecule has 0 bridgehead atoms. The second-order valence-electron chi connectivity index (χ2n) is 5.72. The van der Waals surface area contributed by atoms with E-state index >= 15 is 0 Å². The fourth-order valence-corrected chi connectivity index (χ4v) is 2.39. The van der Waals surface area contributed by atoms with Crippen molar-refractivity contribution in [1.29, 1.82) is 0 Å². The minimum atomic E-state index is -0.611. The average molecular weight is 272 g/mol. The maximum atomic E-state index is 11.6. The van der Waals surface area contributed by atoms with Crippen LogP contribution in [0.4, 0.5) is 0 Å². The van der Waals surface area contributed by atoms with Crippen LogP contribution in [-0.2, 0) is 4.79 Å². The smallest absolute Gasteiger partial charge is 0.237 e. The molecular weight excluding hydrogens is 240 g/mol. The van der Waals surface area contributed by atoms with Crippen molar-refractivity contribution in [2.75, 3.05) is 40.3 Å². The Hall–Kier alpha value is -0.650. The number of nitrogens with zero attached hydrogens (tertiary/aromatic N) is 2. The van der Waals surface area contributed by atoms with Crippen molar-refractivity contribution >= 4 is 5.91 Å². The van der Waals surface area contributed by atoms with E-state index in [1.807, 2.05) is 13.8 Å². The molecule has 0 radical (unpaired) electrons. The molecule has 3 N–H and O–H groups in total. The molecule has 0 aliphatic heterocycles. The van der Waals surface area contributed by atoms with Crippen LogP contribution in [0.2, 0.25) is 0 Å². The SMILES string of the molecule is CCNC(C)(CCN(CC)C(C)CN(C)C)C(N)=O. The van der Waals surface area contributed by atoms with E-state index in [2.05, 4.69) is 43.1 Å². The van der Waals surface area contributed by atoms with Crippen LogP contribution in [-0.4, -0.2) is 67.6 Å². The van der Waals surface area contributed by atoms with Crippen LogP contribution in [0, 0.1) is 0 Å². The van der Waals surface area contributed by atoms with Gasteiger partial charge in [0.05, 0.1) is 5.54 Å². The number of likely N-dealkylation sites (N-methyl/N-ethyl adjacent to an activating group) is 3. The molecule has 114 valence electrons. The summed E-state index contributed by atoms with van der Waals surface area (Å²) in [6.45, 7) is 11.9. The highest BCUT2D eigenvalue weighted by atomic mass is 16.1. The summed E-state index contributed by atoms with van der Waals surface area (Å²) < 4.78 is 0. The number of rotatable bonds is 10. The van der Waals surface area contributed by atoms with Gasteiger partial charge in [0.1, 0.15) is 0 Å². The first-order valence-electron chi connectivity index (χ1n) is 7.20. The van der Waals surface area contributed by atoms with E-state index in [1.165, 1.54) is 0 Å². The zero-order valence-corrected chi connectivity index (χ0v) is 13.5. The Kier molecular flexibility index (Phi) is 8.22. The molecule has 5 nitrogen and oxygen atoms in total. The van der Waals surface area contributed by atoms with Gasteiger partial charge in [-0.2, -0.15) is 0 Å². The standard InChI is InChI=1S/C14H32N4O/c1-7-16-14(4,13(15)19)9-10-18(8-2)12(3)11-17(5)6/h12,16H,7-11H2,1-6H3,(H2,15,19). The number of carbonyl (C=O) groups is 1. The summed E-state index contributed by atoms with van der Waals surface area (Å²) in [5.74, 6) is -0.273. The van der Waals surface area contributed by atoms with Crippen molar-refractivity contribution < 1.29 is 4.79 Å². The van der Waals surface area contributed by atoms with E-state index in [1.54, 1.807) is 0 Å². The van der Waals surface area contributed by atoms with Gasteiger partial charge in [-0.3, -0.25) is 9.69 Å². The molecule has 2 unspecified atom stereocenters. The fourth-order valence-electron chi connectivity index (χ4n) is 2.39. The lowest BCUT2D eigenvalue weighted by molar-refractivity contribution is -0.124. The van der Waals surface area contributed by atoms with Crippen LogP contribution in [0.1, 0.15) is 34.1 Å². The van der Waals surface area contributed by atoms with Gasteiger partial charge in [-0.15, -0.1) is 0 Å². The highest BCUT2D eigenvalue weighted by Gasteiger charge is 2.30. The van der Waals surface area contributed by atoms with Gasteiger partial charge >= 0.3 is 0 Å². The van der Waals surface area contributed by atoms with E-state index < -0.39 is 5.54 Å². The number of hydrogen-bond donors (Lipinski definition) is 2. The van der Waals surface area contributed by atoms with Crippen LogP contribution in [0.3, 0.4) is 0 Å². The molecule has 0 aromatic carbocycles. The molecule has 0 fully saturated rings. The molecule has 5 heteroatoms. The van der Waals surface area contributed by atoms with Gasteiger partial charge in [0.2, 0.25) is 5.91 Å². The van der Waals surface area contributed by atoms with Crippen molar-refractivity contribution in [3.05, 3.63) is 0 Å². The Morgan fingerprint density at radius 1 is 1.37 bits per heavy atom. The summed E-state index contributed by atoms with van der Waals surface area (Å²) in [4.78, 5) is 16.2. The lowest BCUT2D eigenvalue weighted by Crippen LogP contribution is -2.55. The van der Waals surface area contributed by atoms with Crippen molar-refractivity contribution in [3.63, 3.8) is 0 Å². The molecule has 19 heavy (non-hydrogen) atoms. The predicted octanol–water partition coefficient (Wildman–Crippen LogP) is 0.502. The third-order valence-corrected chi connectivity index (χ3v) is 3.67. The first-order valence-corrected chi connectivity index (χ1v) is 7.20. The summed E-state index contributed by atoms with van der Waals surface area (Å²) in [5, 5.41) is 3.21. The van der Waals surface area contributed by atoms with Gasteiger partial charge in [-0.1, -0.05) is 13.8 Å². The molecule has 0 saturated heterocycles. The van der Waals surface area contributed by atoms with Crippen LogP contribution in [0.5, 0.6) is 0 Å². The van der Waals surface area contributed by atoms with E-state index in [9.17, 15) is 4.79 Å².